The SMILES string of the molecule is O=S(=O)(c1cccc(F)c1)N1CCN(Cc2ccc(F)cc2)CC1. The molecule has 0 saturated carbocycles. The van der Waals surface area contributed by atoms with E-state index in [1.54, 1.807) is 12.1 Å². The largest absolute Gasteiger partial charge is 0.296 e. The van der Waals surface area contributed by atoms with Crippen molar-refractivity contribution in [3.8, 4) is 0 Å². The summed E-state index contributed by atoms with van der Waals surface area (Å²) in [5.41, 5.74) is 0.984. The number of sulfonamides is 1. The standard InChI is InChI=1S/C17H18F2N2O2S/c18-15-6-4-14(5-7-15)13-20-8-10-21(11-9-20)24(22,23)17-3-1-2-16(19)12-17/h1-7,12H,8-11,13H2. The van der Waals surface area contributed by atoms with E-state index in [9.17, 15) is 17.2 Å². The van der Waals surface area contributed by atoms with E-state index in [0.29, 0.717) is 32.7 Å². The van der Waals surface area contributed by atoms with Crippen molar-refractivity contribution >= 4 is 10.0 Å². The van der Waals surface area contributed by atoms with E-state index in [4.69, 9.17) is 0 Å². The third kappa shape index (κ3) is 3.80. The molecular formula is C17H18F2N2O2S. The van der Waals surface area contributed by atoms with Crippen molar-refractivity contribution in [3.05, 3.63) is 65.7 Å². The first-order chi connectivity index (χ1) is 11.4. The second-order valence-electron chi connectivity index (χ2n) is 5.76. The maximum atomic E-state index is 13.3. The van der Waals surface area contributed by atoms with E-state index in [1.807, 2.05) is 0 Å². The molecule has 0 atom stereocenters. The monoisotopic (exact) mass is 352 g/mol. The average molecular weight is 352 g/mol. The van der Waals surface area contributed by atoms with Crippen LogP contribution in [0.5, 0.6) is 0 Å². The van der Waals surface area contributed by atoms with Crippen LogP contribution in [-0.4, -0.2) is 43.8 Å². The summed E-state index contributed by atoms with van der Waals surface area (Å²) in [5.74, 6) is -0.837. The molecule has 1 aliphatic rings. The Bertz CT molecular complexity index is 802. The molecule has 0 aromatic heterocycles. The third-order valence-corrected chi connectivity index (χ3v) is 5.98. The van der Waals surface area contributed by atoms with Crippen molar-refractivity contribution in [1.29, 1.82) is 0 Å². The van der Waals surface area contributed by atoms with Gasteiger partial charge < -0.3 is 0 Å². The second kappa shape index (κ2) is 6.96. The van der Waals surface area contributed by atoms with Crippen molar-refractivity contribution in [2.24, 2.45) is 0 Å². The molecule has 0 N–H and O–H groups in total. The van der Waals surface area contributed by atoms with Gasteiger partial charge in [0.25, 0.3) is 0 Å². The van der Waals surface area contributed by atoms with E-state index < -0.39 is 15.8 Å². The highest BCUT2D eigenvalue weighted by Crippen LogP contribution is 2.19. The summed E-state index contributed by atoms with van der Waals surface area (Å²) in [5, 5.41) is 0. The summed E-state index contributed by atoms with van der Waals surface area (Å²) in [4.78, 5) is 2.10. The quantitative estimate of drug-likeness (QED) is 0.849. The zero-order chi connectivity index (χ0) is 17.2. The van der Waals surface area contributed by atoms with Gasteiger partial charge in [0.05, 0.1) is 4.90 Å². The molecule has 1 heterocycles. The molecule has 24 heavy (non-hydrogen) atoms. The zero-order valence-corrected chi connectivity index (χ0v) is 13.8. The van der Waals surface area contributed by atoms with Gasteiger partial charge in [-0.05, 0) is 35.9 Å². The lowest BCUT2D eigenvalue weighted by Gasteiger charge is -2.34. The van der Waals surface area contributed by atoms with Gasteiger partial charge in [-0.15, -0.1) is 0 Å². The minimum absolute atomic E-state index is 0.0190. The molecule has 7 heteroatoms. The molecule has 1 aliphatic heterocycles. The first kappa shape index (κ1) is 17.0. The van der Waals surface area contributed by atoms with Gasteiger partial charge in [-0.2, -0.15) is 4.31 Å². The van der Waals surface area contributed by atoms with Crippen molar-refractivity contribution in [3.63, 3.8) is 0 Å². The molecule has 0 amide bonds. The molecule has 0 radical (unpaired) electrons. The molecule has 0 aliphatic carbocycles. The third-order valence-electron chi connectivity index (χ3n) is 4.08. The molecule has 3 rings (SSSR count). The van der Waals surface area contributed by atoms with Crippen LogP contribution in [0.4, 0.5) is 8.78 Å². The van der Waals surface area contributed by atoms with Crippen LogP contribution in [0.25, 0.3) is 0 Å². The fourth-order valence-electron chi connectivity index (χ4n) is 2.75. The Hall–Kier alpha value is -1.83. The molecule has 1 fully saturated rings. The Morgan fingerprint density at radius 1 is 0.875 bits per heavy atom. The van der Waals surface area contributed by atoms with Crippen LogP contribution >= 0.6 is 0 Å². The summed E-state index contributed by atoms with van der Waals surface area (Å²) in [6.45, 7) is 2.49. The highest BCUT2D eigenvalue weighted by atomic mass is 32.2. The fraction of sp³-hybridized carbons (Fsp3) is 0.294. The van der Waals surface area contributed by atoms with E-state index >= 15 is 0 Å². The van der Waals surface area contributed by atoms with Crippen molar-refractivity contribution in [2.75, 3.05) is 26.2 Å². The van der Waals surface area contributed by atoms with Crippen LogP contribution < -0.4 is 0 Å². The molecular weight excluding hydrogens is 334 g/mol. The van der Waals surface area contributed by atoms with Gasteiger partial charge in [0.2, 0.25) is 10.0 Å². The van der Waals surface area contributed by atoms with E-state index in [2.05, 4.69) is 4.90 Å². The molecule has 4 nitrogen and oxygen atoms in total. The summed E-state index contributed by atoms with van der Waals surface area (Å²) >= 11 is 0. The van der Waals surface area contributed by atoms with Crippen molar-refractivity contribution in [2.45, 2.75) is 11.4 Å². The summed E-state index contributed by atoms with van der Waals surface area (Å²) in [6, 6.07) is 11.4. The van der Waals surface area contributed by atoms with Crippen molar-refractivity contribution < 1.29 is 17.2 Å². The number of benzene rings is 2. The van der Waals surface area contributed by atoms with Gasteiger partial charge in [0, 0.05) is 32.7 Å². The predicted molar refractivity (Wildman–Crippen MR) is 86.8 cm³/mol. The van der Waals surface area contributed by atoms with Gasteiger partial charge >= 0.3 is 0 Å². The zero-order valence-electron chi connectivity index (χ0n) is 13.0. The highest BCUT2D eigenvalue weighted by molar-refractivity contribution is 7.89. The Morgan fingerprint density at radius 3 is 2.17 bits per heavy atom. The van der Waals surface area contributed by atoms with Gasteiger partial charge in [0.15, 0.2) is 0 Å². The number of hydrogen-bond donors (Lipinski definition) is 0. The molecule has 128 valence electrons. The molecule has 0 spiro atoms. The number of rotatable bonds is 4. The average Bonchev–Trinajstić information content (AvgIpc) is 2.57. The summed E-state index contributed by atoms with van der Waals surface area (Å²) in [6.07, 6.45) is 0. The van der Waals surface area contributed by atoms with E-state index in [-0.39, 0.29) is 10.7 Å². The van der Waals surface area contributed by atoms with Crippen LogP contribution in [0, 0.1) is 11.6 Å². The molecule has 0 bridgehead atoms. The fourth-order valence-corrected chi connectivity index (χ4v) is 4.21. The van der Waals surface area contributed by atoms with Crippen molar-refractivity contribution in [1.82, 2.24) is 9.21 Å². The number of hydrogen-bond acceptors (Lipinski definition) is 3. The Labute approximate surface area is 140 Å². The van der Waals surface area contributed by atoms with Crippen LogP contribution in [0.3, 0.4) is 0 Å². The molecule has 0 unspecified atom stereocenters. The Morgan fingerprint density at radius 2 is 1.54 bits per heavy atom. The lowest BCUT2D eigenvalue weighted by Crippen LogP contribution is -2.48. The first-order valence-corrected chi connectivity index (χ1v) is 9.12. The number of piperazine rings is 1. The second-order valence-corrected chi connectivity index (χ2v) is 7.70. The summed E-state index contributed by atoms with van der Waals surface area (Å²) in [7, 11) is -3.67. The Kier molecular flexibility index (Phi) is 4.93. The topological polar surface area (TPSA) is 40.6 Å². The van der Waals surface area contributed by atoms with Gasteiger partial charge in [0.1, 0.15) is 11.6 Å². The first-order valence-electron chi connectivity index (χ1n) is 7.68. The van der Waals surface area contributed by atoms with Crippen LogP contribution in [0.1, 0.15) is 5.56 Å². The number of nitrogens with zero attached hydrogens (tertiary/aromatic N) is 2. The minimum atomic E-state index is -3.67. The maximum Gasteiger partial charge on any atom is 0.243 e. The predicted octanol–water partition coefficient (Wildman–Crippen LogP) is 2.47. The van der Waals surface area contributed by atoms with Gasteiger partial charge in [-0.1, -0.05) is 18.2 Å². The lowest BCUT2D eigenvalue weighted by molar-refractivity contribution is 0.181. The smallest absolute Gasteiger partial charge is 0.243 e. The van der Waals surface area contributed by atoms with Crippen LogP contribution in [0.2, 0.25) is 0 Å². The summed E-state index contributed by atoms with van der Waals surface area (Å²) < 4.78 is 52.7. The van der Waals surface area contributed by atoms with E-state index in [1.165, 1.54) is 34.6 Å². The van der Waals surface area contributed by atoms with Gasteiger partial charge in [-0.25, -0.2) is 17.2 Å². The lowest BCUT2D eigenvalue weighted by atomic mass is 10.2. The van der Waals surface area contributed by atoms with Gasteiger partial charge in [-0.3, -0.25) is 4.90 Å². The van der Waals surface area contributed by atoms with Crippen LogP contribution in [0.15, 0.2) is 53.4 Å². The maximum absolute atomic E-state index is 13.3. The van der Waals surface area contributed by atoms with Crippen LogP contribution in [-0.2, 0) is 16.6 Å². The number of halogens is 2. The molecule has 2 aromatic rings. The molecule has 2 aromatic carbocycles. The molecule has 1 saturated heterocycles. The van der Waals surface area contributed by atoms with E-state index in [0.717, 1.165) is 11.6 Å². The highest BCUT2D eigenvalue weighted by Gasteiger charge is 2.28. The minimum Gasteiger partial charge on any atom is -0.296 e. The Balaban J connectivity index is 1.63. The normalized spacial score (nSPS) is 17.1.